The lowest BCUT2D eigenvalue weighted by Crippen LogP contribution is -2.51. The Morgan fingerprint density at radius 1 is 0.887 bits per heavy atom. The molecule has 2 saturated heterocycles. The number of hydrogen-bond donors (Lipinski definition) is 2. The van der Waals surface area contributed by atoms with Gasteiger partial charge in [-0.25, -0.2) is 19.6 Å². The number of pyridine rings is 1. The normalized spacial score (nSPS) is 17.5. The van der Waals surface area contributed by atoms with Crippen LogP contribution in [0.1, 0.15) is 84.0 Å². The highest BCUT2D eigenvalue weighted by molar-refractivity contribution is 6.76. The number of ether oxygens (including phenoxy) is 3. The third-order valence-electron chi connectivity index (χ3n) is 11.6. The maximum atomic E-state index is 13.6. The van der Waals surface area contributed by atoms with Crippen molar-refractivity contribution in [2.75, 3.05) is 26.8 Å². The van der Waals surface area contributed by atoms with Crippen molar-refractivity contribution < 1.29 is 28.6 Å². The summed E-state index contributed by atoms with van der Waals surface area (Å²) in [5.74, 6) is 1.28. The van der Waals surface area contributed by atoms with E-state index in [1.165, 1.54) is 7.11 Å². The molecule has 0 spiro atoms. The van der Waals surface area contributed by atoms with Gasteiger partial charge in [0, 0.05) is 62.2 Å². The molecule has 330 valence electrons. The Bertz CT molecular complexity index is 2380. The number of aromatic amines is 1. The summed E-state index contributed by atoms with van der Waals surface area (Å²) in [6.45, 7) is 18.7. The number of H-pyrrole nitrogens is 1. The van der Waals surface area contributed by atoms with Crippen LogP contribution in [0.2, 0.25) is 25.7 Å². The van der Waals surface area contributed by atoms with Gasteiger partial charge in [0.2, 0.25) is 5.91 Å². The molecule has 2 fully saturated rings. The van der Waals surface area contributed by atoms with E-state index in [2.05, 4.69) is 70.9 Å². The number of likely N-dealkylation sites (tertiary alicyclic amines) is 2. The van der Waals surface area contributed by atoms with Gasteiger partial charge < -0.3 is 34.0 Å². The number of nitrogens with zero attached hydrogens (tertiary/aromatic N) is 6. The number of hydrogen-bond acceptors (Lipinski definition) is 9. The number of imidazole rings is 2. The number of aromatic nitrogens is 5. The summed E-state index contributed by atoms with van der Waals surface area (Å²) in [5.41, 5.74) is 5.91. The van der Waals surface area contributed by atoms with E-state index >= 15 is 0 Å². The molecule has 15 heteroatoms. The standard InChI is InChI=1S/C47H62N8O6Si/c1-30(2)41(52-45(57)59-6)44(56)53-20-10-12-38(53)42-49-27-37(51-42)32-16-14-31(15-17-32)35-24-33-18-19-34(25-36(33)48-26-35)40-28-50-43(55(40)29-60-22-23-62(7,8)9)39-13-11-21-54(39)46(58)61-47(3,4)5/h14-19,24-28,30,38-39,41H,10-13,20-23,29H2,1-9H3,(H,49,51)(H,52,57)/t38-,39-,41-/m0/s1. The summed E-state index contributed by atoms with van der Waals surface area (Å²) < 4.78 is 19.0. The molecule has 7 rings (SSSR count). The molecule has 0 bridgehead atoms. The summed E-state index contributed by atoms with van der Waals surface area (Å²) in [7, 11) is -0.00197. The van der Waals surface area contributed by atoms with Crippen LogP contribution in [0.15, 0.2) is 67.1 Å². The molecule has 2 N–H and O–H groups in total. The summed E-state index contributed by atoms with van der Waals surface area (Å²) in [5, 5.41) is 3.72. The van der Waals surface area contributed by atoms with Crippen molar-refractivity contribution in [3.63, 3.8) is 0 Å². The first-order valence-electron chi connectivity index (χ1n) is 21.8. The highest BCUT2D eigenvalue weighted by atomic mass is 28.3. The van der Waals surface area contributed by atoms with E-state index in [9.17, 15) is 14.4 Å². The van der Waals surface area contributed by atoms with Crippen LogP contribution in [-0.2, 0) is 25.7 Å². The van der Waals surface area contributed by atoms with E-state index in [1.54, 1.807) is 0 Å². The van der Waals surface area contributed by atoms with Gasteiger partial charge in [0.05, 0.1) is 42.3 Å². The molecule has 5 aromatic rings. The van der Waals surface area contributed by atoms with Gasteiger partial charge in [-0.05, 0) is 76.1 Å². The lowest BCUT2D eigenvalue weighted by atomic mass is 10.0. The van der Waals surface area contributed by atoms with Crippen molar-refractivity contribution in [3.8, 4) is 33.6 Å². The van der Waals surface area contributed by atoms with Crippen LogP contribution in [-0.4, -0.2) is 98.9 Å². The van der Waals surface area contributed by atoms with E-state index in [0.717, 1.165) is 87.9 Å². The van der Waals surface area contributed by atoms with Crippen LogP contribution in [0.25, 0.3) is 44.5 Å². The van der Waals surface area contributed by atoms with Crippen molar-refractivity contribution in [1.82, 2.24) is 39.6 Å². The zero-order valence-corrected chi connectivity index (χ0v) is 38.7. The van der Waals surface area contributed by atoms with Crippen LogP contribution < -0.4 is 5.32 Å². The van der Waals surface area contributed by atoms with Gasteiger partial charge >= 0.3 is 12.2 Å². The van der Waals surface area contributed by atoms with Crippen molar-refractivity contribution in [3.05, 3.63) is 78.8 Å². The van der Waals surface area contributed by atoms with Crippen LogP contribution in [0, 0.1) is 5.92 Å². The quantitative estimate of drug-likeness (QED) is 0.0869. The predicted molar refractivity (Wildman–Crippen MR) is 243 cm³/mol. The van der Waals surface area contributed by atoms with Gasteiger partial charge in [-0.1, -0.05) is 69.9 Å². The number of fused-ring (bicyclic) bond motifs is 1. The lowest BCUT2D eigenvalue weighted by molar-refractivity contribution is -0.135. The van der Waals surface area contributed by atoms with Crippen molar-refractivity contribution in [1.29, 1.82) is 0 Å². The third kappa shape index (κ3) is 10.2. The lowest BCUT2D eigenvalue weighted by Gasteiger charge is -2.29. The SMILES string of the molecule is COC(=O)N[C@H](C(=O)N1CCC[C@H]1c1nc(-c2ccc(-c3cnc4cc(-c5cnc([C@@H]6CCCN6C(=O)OC(C)(C)C)n5COCC[Si](C)(C)C)ccc4c3)cc2)c[nH]1)C(C)C. The molecule has 0 saturated carbocycles. The first kappa shape index (κ1) is 44.5. The molecule has 14 nitrogen and oxygen atoms in total. The Labute approximate surface area is 365 Å². The molecule has 0 radical (unpaired) electrons. The molecule has 3 aromatic heterocycles. The molecule has 2 aromatic carbocycles. The average molecular weight is 863 g/mol. The molecule has 0 aliphatic carbocycles. The fourth-order valence-electron chi connectivity index (χ4n) is 8.25. The minimum Gasteiger partial charge on any atom is -0.453 e. The van der Waals surface area contributed by atoms with E-state index in [0.29, 0.717) is 26.4 Å². The van der Waals surface area contributed by atoms with Gasteiger partial charge in [0.1, 0.15) is 30.0 Å². The smallest absolute Gasteiger partial charge is 0.410 e. The number of benzene rings is 2. The van der Waals surface area contributed by atoms with E-state index in [1.807, 2.05) is 75.1 Å². The van der Waals surface area contributed by atoms with E-state index in [4.69, 9.17) is 29.2 Å². The number of methoxy groups -OCH3 is 1. The number of alkyl carbamates (subject to hydrolysis) is 1. The molecule has 2 aliphatic rings. The molecule has 5 heterocycles. The molecule has 3 atom stereocenters. The minimum absolute atomic E-state index is 0.106. The molecule has 62 heavy (non-hydrogen) atoms. The Morgan fingerprint density at radius 2 is 1.58 bits per heavy atom. The number of nitrogens with one attached hydrogen (secondary N) is 2. The number of carbonyl (C=O) groups is 3. The number of amides is 3. The molecular formula is C47H62N8O6Si. The topological polar surface area (TPSA) is 157 Å². The zero-order chi connectivity index (χ0) is 44.3. The summed E-state index contributed by atoms with van der Waals surface area (Å²) in [6, 6.07) is 16.6. The highest BCUT2D eigenvalue weighted by Gasteiger charge is 2.38. The molecular weight excluding hydrogens is 801 g/mol. The van der Waals surface area contributed by atoms with Crippen LogP contribution in [0.4, 0.5) is 9.59 Å². The third-order valence-corrected chi connectivity index (χ3v) is 13.3. The fraction of sp³-hybridized carbons (Fsp3) is 0.489. The second-order valence-corrected chi connectivity index (χ2v) is 24.7. The van der Waals surface area contributed by atoms with Gasteiger partial charge in [0.25, 0.3) is 0 Å². The summed E-state index contributed by atoms with van der Waals surface area (Å²) in [6.07, 6.45) is 8.03. The molecule has 2 aliphatic heterocycles. The zero-order valence-electron chi connectivity index (χ0n) is 37.7. The summed E-state index contributed by atoms with van der Waals surface area (Å²) >= 11 is 0. The Hall–Kier alpha value is -5.54. The van der Waals surface area contributed by atoms with Crippen LogP contribution in [0.5, 0.6) is 0 Å². The maximum absolute atomic E-state index is 13.6. The fourth-order valence-corrected chi connectivity index (χ4v) is 9.01. The maximum Gasteiger partial charge on any atom is 0.410 e. The monoisotopic (exact) mass is 862 g/mol. The van der Waals surface area contributed by atoms with E-state index < -0.39 is 25.8 Å². The van der Waals surface area contributed by atoms with Crippen LogP contribution in [0.3, 0.4) is 0 Å². The summed E-state index contributed by atoms with van der Waals surface area (Å²) in [4.78, 5) is 60.6. The molecule has 3 amide bonds. The predicted octanol–water partition coefficient (Wildman–Crippen LogP) is 9.58. The van der Waals surface area contributed by atoms with Gasteiger partial charge in [-0.2, -0.15) is 0 Å². The first-order chi connectivity index (χ1) is 29.5. The van der Waals surface area contributed by atoms with Crippen LogP contribution >= 0.6 is 0 Å². The van der Waals surface area contributed by atoms with Crippen molar-refractivity contribution in [2.45, 2.75) is 116 Å². The number of carbonyl (C=O) groups excluding carboxylic acids is 3. The second-order valence-electron chi connectivity index (χ2n) is 19.0. The van der Waals surface area contributed by atoms with Crippen molar-refractivity contribution in [2.24, 2.45) is 5.92 Å². The van der Waals surface area contributed by atoms with Gasteiger partial charge in [-0.3, -0.25) is 14.7 Å². The average Bonchev–Trinajstić information content (AvgIpc) is 4.06. The molecule has 0 unspecified atom stereocenters. The Kier molecular flexibility index (Phi) is 13.2. The second kappa shape index (κ2) is 18.4. The van der Waals surface area contributed by atoms with Crippen molar-refractivity contribution >= 4 is 37.1 Å². The van der Waals surface area contributed by atoms with Gasteiger partial charge in [-0.15, -0.1) is 0 Å². The van der Waals surface area contributed by atoms with Gasteiger partial charge in [0.15, 0.2) is 0 Å². The largest absolute Gasteiger partial charge is 0.453 e. The Morgan fingerprint density at radius 3 is 2.27 bits per heavy atom. The van der Waals surface area contributed by atoms with E-state index in [-0.39, 0.29) is 30.0 Å². The minimum atomic E-state index is -1.30. The number of rotatable bonds is 13. The first-order valence-corrected chi connectivity index (χ1v) is 25.5. The highest BCUT2D eigenvalue weighted by Crippen LogP contribution is 2.37. The Balaban J connectivity index is 1.08.